The average Bonchev–Trinajstić information content (AvgIpc) is 2.14. The minimum atomic E-state index is -4.84. The summed E-state index contributed by atoms with van der Waals surface area (Å²) in [6.07, 6.45) is -4.84. The Morgan fingerprint density at radius 2 is 1.88 bits per heavy atom. The second-order valence-electron chi connectivity index (χ2n) is 3.13. The Kier molecular flexibility index (Phi) is 3.40. The Morgan fingerprint density at radius 3 is 2.29 bits per heavy atom. The van der Waals surface area contributed by atoms with E-state index in [0.29, 0.717) is 0 Å². The van der Waals surface area contributed by atoms with E-state index >= 15 is 0 Å². The highest BCUT2D eigenvalue weighted by Crippen LogP contribution is 2.38. The Labute approximate surface area is 94.2 Å². The maximum atomic E-state index is 12.7. The number of carbonyl (C=O) groups excluding carboxylic acids is 2. The molecule has 0 saturated carbocycles. The molecule has 2 N–H and O–H groups in total. The molecule has 0 aromatic heterocycles. The van der Waals surface area contributed by atoms with Gasteiger partial charge in [0.1, 0.15) is 11.3 Å². The maximum absolute atomic E-state index is 12.7. The van der Waals surface area contributed by atoms with Gasteiger partial charge in [-0.2, -0.15) is 13.2 Å². The van der Waals surface area contributed by atoms with Gasteiger partial charge in [0.2, 0.25) is 5.91 Å². The van der Waals surface area contributed by atoms with Crippen molar-refractivity contribution in [3.8, 4) is 5.75 Å². The highest BCUT2D eigenvalue weighted by molar-refractivity contribution is 5.95. The summed E-state index contributed by atoms with van der Waals surface area (Å²) < 4.78 is 42.6. The first-order chi connectivity index (χ1) is 7.73. The van der Waals surface area contributed by atoms with Crippen molar-refractivity contribution in [1.29, 1.82) is 0 Å². The number of halogens is 3. The van der Waals surface area contributed by atoms with E-state index in [1.807, 2.05) is 0 Å². The Morgan fingerprint density at radius 1 is 1.29 bits per heavy atom. The fourth-order valence-corrected chi connectivity index (χ4v) is 1.27. The van der Waals surface area contributed by atoms with Gasteiger partial charge >= 0.3 is 12.1 Å². The second kappa shape index (κ2) is 4.44. The molecule has 0 aliphatic heterocycles. The Bertz CT molecular complexity index is 468. The van der Waals surface area contributed by atoms with E-state index in [0.717, 1.165) is 25.1 Å². The molecule has 17 heavy (non-hydrogen) atoms. The van der Waals surface area contributed by atoms with Gasteiger partial charge in [-0.25, -0.2) is 0 Å². The number of alkyl halides is 3. The number of benzene rings is 1. The number of carbonyl (C=O) groups is 2. The number of nitrogens with two attached hydrogens (primary N) is 1. The minimum Gasteiger partial charge on any atom is -0.426 e. The lowest BCUT2D eigenvalue weighted by atomic mass is 10.1. The van der Waals surface area contributed by atoms with Crippen LogP contribution in [0.3, 0.4) is 0 Å². The number of esters is 1. The number of rotatable bonds is 2. The van der Waals surface area contributed by atoms with Gasteiger partial charge < -0.3 is 10.5 Å². The van der Waals surface area contributed by atoms with Crippen LogP contribution in [0.1, 0.15) is 22.8 Å². The van der Waals surface area contributed by atoms with Gasteiger partial charge in [0, 0.05) is 6.92 Å². The van der Waals surface area contributed by atoms with Crippen LogP contribution in [0.5, 0.6) is 5.75 Å². The summed E-state index contributed by atoms with van der Waals surface area (Å²) in [7, 11) is 0. The molecule has 0 atom stereocenters. The van der Waals surface area contributed by atoms with Crippen molar-refractivity contribution in [3.63, 3.8) is 0 Å². The fraction of sp³-hybridized carbons (Fsp3) is 0.200. The van der Waals surface area contributed by atoms with Crippen LogP contribution in [0, 0.1) is 0 Å². The lowest BCUT2D eigenvalue weighted by Crippen LogP contribution is -2.20. The van der Waals surface area contributed by atoms with Crippen LogP contribution in [0.4, 0.5) is 13.2 Å². The van der Waals surface area contributed by atoms with Gasteiger partial charge in [-0.05, 0) is 12.1 Å². The zero-order valence-electron chi connectivity index (χ0n) is 8.67. The molecule has 1 aromatic carbocycles. The molecule has 0 radical (unpaired) electrons. The highest BCUT2D eigenvalue weighted by atomic mass is 19.4. The number of amides is 1. The van der Waals surface area contributed by atoms with E-state index in [9.17, 15) is 22.8 Å². The van der Waals surface area contributed by atoms with Gasteiger partial charge in [0.05, 0.1) is 5.56 Å². The van der Waals surface area contributed by atoms with E-state index in [1.165, 1.54) is 0 Å². The Balaban J connectivity index is 3.45. The van der Waals surface area contributed by atoms with Crippen LogP contribution < -0.4 is 10.5 Å². The summed E-state index contributed by atoms with van der Waals surface area (Å²) in [5.41, 5.74) is 2.75. The number of hydrogen-bond donors (Lipinski definition) is 1. The SMILES string of the molecule is CC(=O)Oc1cccc(C(N)=O)c1C(F)(F)F. The number of hydrogen-bond acceptors (Lipinski definition) is 3. The van der Waals surface area contributed by atoms with Crippen molar-refractivity contribution in [2.45, 2.75) is 13.1 Å². The van der Waals surface area contributed by atoms with Crippen LogP contribution in [0.2, 0.25) is 0 Å². The molecule has 0 aliphatic rings. The molecule has 1 rings (SSSR count). The van der Waals surface area contributed by atoms with E-state index in [1.54, 1.807) is 0 Å². The van der Waals surface area contributed by atoms with Crippen LogP contribution in [0.25, 0.3) is 0 Å². The zero-order valence-corrected chi connectivity index (χ0v) is 8.67. The monoisotopic (exact) mass is 247 g/mol. The topological polar surface area (TPSA) is 69.4 Å². The van der Waals surface area contributed by atoms with E-state index < -0.39 is 34.9 Å². The third-order valence-electron chi connectivity index (χ3n) is 1.83. The van der Waals surface area contributed by atoms with Crippen molar-refractivity contribution in [1.82, 2.24) is 0 Å². The van der Waals surface area contributed by atoms with Gasteiger partial charge in [-0.15, -0.1) is 0 Å². The van der Waals surface area contributed by atoms with Crippen molar-refractivity contribution in [2.24, 2.45) is 5.73 Å². The summed E-state index contributed by atoms with van der Waals surface area (Å²) in [6.45, 7) is 0.955. The Hall–Kier alpha value is -2.05. The molecule has 1 amide bonds. The van der Waals surface area contributed by atoms with Crippen LogP contribution >= 0.6 is 0 Å². The minimum absolute atomic E-state index is 0.735. The van der Waals surface area contributed by atoms with Crippen molar-refractivity contribution < 1.29 is 27.5 Å². The van der Waals surface area contributed by atoms with E-state index in [2.05, 4.69) is 4.74 Å². The molecule has 0 fully saturated rings. The van der Waals surface area contributed by atoms with Crippen molar-refractivity contribution >= 4 is 11.9 Å². The molecule has 1 aromatic rings. The summed E-state index contributed by atoms with van der Waals surface area (Å²) in [5, 5.41) is 0. The summed E-state index contributed by atoms with van der Waals surface area (Å²) in [4.78, 5) is 21.6. The predicted molar refractivity (Wildman–Crippen MR) is 51.3 cm³/mol. The zero-order chi connectivity index (χ0) is 13.2. The number of primary amides is 1. The van der Waals surface area contributed by atoms with Gasteiger partial charge in [-0.1, -0.05) is 6.07 Å². The first kappa shape index (κ1) is 13.0. The fourth-order valence-electron chi connectivity index (χ4n) is 1.27. The lowest BCUT2D eigenvalue weighted by Gasteiger charge is -2.14. The molecule has 0 heterocycles. The standard InChI is InChI=1S/C10H8F3NO3/c1-5(15)17-7-4-2-3-6(9(14)16)8(7)10(11,12)13/h2-4H,1H3,(H2,14,16). The van der Waals surface area contributed by atoms with Gasteiger partial charge in [0.25, 0.3) is 0 Å². The largest absolute Gasteiger partial charge is 0.426 e. The van der Waals surface area contributed by atoms with Gasteiger partial charge in [-0.3, -0.25) is 9.59 Å². The third kappa shape index (κ3) is 2.96. The molecule has 7 heteroatoms. The summed E-state index contributed by atoms with van der Waals surface area (Å²) >= 11 is 0. The highest BCUT2D eigenvalue weighted by Gasteiger charge is 2.38. The molecule has 4 nitrogen and oxygen atoms in total. The normalized spacial score (nSPS) is 11.1. The molecule has 92 valence electrons. The van der Waals surface area contributed by atoms with Gasteiger partial charge in [0.15, 0.2) is 0 Å². The predicted octanol–water partition coefficient (Wildman–Crippen LogP) is 1.73. The molecule has 0 aliphatic carbocycles. The summed E-state index contributed by atoms with van der Waals surface area (Å²) in [5.74, 6) is -2.90. The molecular weight excluding hydrogens is 239 g/mol. The number of ether oxygens (including phenoxy) is 1. The van der Waals surface area contributed by atoms with Crippen LogP contribution in [0.15, 0.2) is 18.2 Å². The molecule has 0 unspecified atom stereocenters. The second-order valence-corrected chi connectivity index (χ2v) is 3.13. The van der Waals surface area contributed by atoms with Crippen molar-refractivity contribution in [3.05, 3.63) is 29.3 Å². The van der Waals surface area contributed by atoms with E-state index in [4.69, 9.17) is 5.73 Å². The van der Waals surface area contributed by atoms with Crippen LogP contribution in [-0.4, -0.2) is 11.9 Å². The molecule has 0 saturated heterocycles. The smallest absolute Gasteiger partial charge is 0.420 e. The first-order valence-corrected chi connectivity index (χ1v) is 4.42. The third-order valence-corrected chi connectivity index (χ3v) is 1.83. The first-order valence-electron chi connectivity index (χ1n) is 4.42. The maximum Gasteiger partial charge on any atom is 0.420 e. The average molecular weight is 247 g/mol. The lowest BCUT2D eigenvalue weighted by molar-refractivity contribution is -0.141. The quantitative estimate of drug-likeness (QED) is 0.639. The van der Waals surface area contributed by atoms with E-state index in [-0.39, 0.29) is 0 Å². The summed E-state index contributed by atoms with van der Waals surface area (Å²) in [6, 6.07) is 3.00. The molecular formula is C10H8F3NO3. The molecule has 0 spiro atoms. The van der Waals surface area contributed by atoms with Crippen LogP contribution in [-0.2, 0) is 11.0 Å². The molecule has 0 bridgehead atoms. The van der Waals surface area contributed by atoms with Crippen molar-refractivity contribution in [2.75, 3.05) is 0 Å².